The van der Waals surface area contributed by atoms with Crippen LogP contribution in [0.2, 0.25) is 0 Å². The van der Waals surface area contributed by atoms with E-state index in [9.17, 15) is 0 Å². The van der Waals surface area contributed by atoms with E-state index in [2.05, 4.69) is 19.2 Å². The molecule has 0 saturated carbocycles. The molecule has 0 aromatic heterocycles. The second-order valence-corrected chi connectivity index (χ2v) is 1.84. The lowest BCUT2D eigenvalue weighted by Crippen LogP contribution is -1.55. The van der Waals surface area contributed by atoms with Crippen LogP contribution in [0.4, 0.5) is 0 Å². The van der Waals surface area contributed by atoms with Gasteiger partial charge >= 0.3 is 0 Å². The van der Waals surface area contributed by atoms with Gasteiger partial charge in [0.25, 0.3) is 0 Å². The van der Waals surface area contributed by atoms with E-state index in [0.717, 1.165) is 4.91 Å². The lowest BCUT2D eigenvalue weighted by molar-refractivity contribution is 1.50. The van der Waals surface area contributed by atoms with Gasteiger partial charge in [-0.2, -0.15) is 0 Å². The minimum atomic E-state index is 0.892. The summed E-state index contributed by atoms with van der Waals surface area (Å²) in [5, 5.41) is 0. The van der Waals surface area contributed by atoms with Crippen molar-refractivity contribution in [2.75, 3.05) is 0 Å². The van der Waals surface area contributed by atoms with Crippen LogP contribution in [-0.2, 0) is 0 Å². The van der Waals surface area contributed by atoms with Gasteiger partial charge in [0.15, 0.2) is 0 Å². The number of thiol groups is 1. The van der Waals surface area contributed by atoms with Crippen molar-refractivity contribution in [1.29, 1.82) is 0 Å². The van der Waals surface area contributed by atoms with Gasteiger partial charge in [0, 0.05) is 4.91 Å². The molecule has 0 amide bonds. The molecular formula is C9H16S. The van der Waals surface area contributed by atoms with Gasteiger partial charge in [-0.25, -0.2) is 0 Å². The summed E-state index contributed by atoms with van der Waals surface area (Å²) in [5.41, 5.74) is 0. The van der Waals surface area contributed by atoms with Crippen molar-refractivity contribution in [2.24, 2.45) is 0 Å². The predicted octanol–water partition coefficient (Wildman–Crippen LogP) is 3.59. The summed E-state index contributed by atoms with van der Waals surface area (Å²) in [7, 11) is 0. The quantitative estimate of drug-likeness (QED) is 0.458. The van der Waals surface area contributed by atoms with Gasteiger partial charge in [0.05, 0.1) is 0 Å². The first-order valence-electron chi connectivity index (χ1n) is 3.45. The fourth-order valence-electron chi connectivity index (χ4n) is 0.263. The van der Waals surface area contributed by atoms with E-state index in [4.69, 9.17) is 0 Å². The maximum Gasteiger partial charge on any atom is 0.00339 e. The third-order valence-corrected chi connectivity index (χ3v) is 1.00. The Morgan fingerprint density at radius 1 is 1.40 bits per heavy atom. The van der Waals surface area contributed by atoms with Gasteiger partial charge in [-0.15, -0.1) is 12.6 Å². The van der Waals surface area contributed by atoms with E-state index in [-0.39, 0.29) is 0 Å². The normalized spacial score (nSPS) is 10.6. The Labute approximate surface area is 69.8 Å². The van der Waals surface area contributed by atoms with E-state index < -0.39 is 0 Å². The van der Waals surface area contributed by atoms with E-state index in [1.54, 1.807) is 6.08 Å². The van der Waals surface area contributed by atoms with Crippen LogP contribution >= 0.6 is 12.6 Å². The molecule has 0 radical (unpaired) electrons. The molecule has 0 spiro atoms. The molecule has 0 N–H and O–H groups in total. The fourth-order valence-corrected chi connectivity index (χ4v) is 0.349. The third kappa shape index (κ3) is 10.5. The molecule has 58 valence electrons. The van der Waals surface area contributed by atoms with Gasteiger partial charge in [-0.1, -0.05) is 38.7 Å². The van der Waals surface area contributed by atoms with Gasteiger partial charge < -0.3 is 0 Å². The Hall–Kier alpha value is -0.430. The van der Waals surface area contributed by atoms with E-state index >= 15 is 0 Å². The fraction of sp³-hybridized carbons (Fsp3) is 0.333. The molecule has 0 aromatic carbocycles. The lowest BCUT2D eigenvalue weighted by Gasteiger charge is -1.80. The second kappa shape index (κ2) is 11.4. The van der Waals surface area contributed by atoms with E-state index in [1.807, 2.05) is 39.0 Å². The minimum absolute atomic E-state index is 0.892. The van der Waals surface area contributed by atoms with Crippen molar-refractivity contribution >= 4 is 12.6 Å². The zero-order valence-electron chi connectivity index (χ0n) is 6.96. The number of allylic oxidation sites excluding steroid dienone is 4. The van der Waals surface area contributed by atoms with Crippen LogP contribution < -0.4 is 0 Å². The van der Waals surface area contributed by atoms with Crippen molar-refractivity contribution in [3.8, 4) is 0 Å². The van der Waals surface area contributed by atoms with Gasteiger partial charge in [0.1, 0.15) is 0 Å². The van der Waals surface area contributed by atoms with Crippen LogP contribution in [0.3, 0.4) is 0 Å². The summed E-state index contributed by atoms with van der Waals surface area (Å²) in [6, 6.07) is 0. The zero-order valence-corrected chi connectivity index (χ0v) is 7.86. The lowest BCUT2D eigenvalue weighted by atomic mass is 10.4. The van der Waals surface area contributed by atoms with Crippen LogP contribution in [0, 0.1) is 0 Å². The van der Waals surface area contributed by atoms with Crippen LogP contribution in [-0.4, -0.2) is 0 Å². The first-order chi connectivity index (χ1) is 4.81. The monoisotopic (exact) mass is 156 g/mol. The van der Waals surface area contributed by atoms with Crippen LogP contribution in [0.25, 0.3) is 0 Å². The highest BCUT2D eigenvalue weighted by atomic mass is 32.1. The van der Waals surface area contributed by atoms with Crippen LogP contribution in [0.5, 0.6) is 0 Å². The van der Waals surface area contributed by atoms with Gasteiger partial charge in [-0.05, 0) is 13.0 Å². The van der Waals surface area contributed by atoms with E-state index in [1.165, 1.54) is 0 Å². The molecule has 0 nitrogen and oxygen atoms in total. The summed E-state index contributed by atoms with van der Waals surface area (Å²) in [6.07, 6.45) is 7.45. The maximum atomic E-state index is 4.06. The molecule has 0 fully saturated rings. The van der Waals surface area contributed by atoms with Gasteiger partial charge in [0.2, 0.25) is 0 Å². The van der Waals surface area contributed by atoms with Crippen LogP contribution in [0.1, 0.15) is 20.8 Å². The van der Waals surface area contributed by atoms with Crippen LogP contribution in [0.15, 0.2) is 35.8 Å². The number of rotatable bonds is 2. The second-order valence-electron chi connectivity index (χ2n) is 1.32. The standard InChI is InChI=1S/C7H10S.C2H6/c1-3-5-6-7(8)4-2;1-2/h3-6,8H,2H2,1H3;1-2H3/b5-3-,7-6+;. The summed E-state index contributed by atoms with van der Waals surface area (Å²) >= 11 is 4.06. The topological polar surface area (TPSA) is 0 Å². The average molecular weight is 156 g/mol. The van der Waals surface area contributed by atoms with Crippen molar-refractivity contribution in [1.82, 2.24) is 0 Å². The smallest absolute Gasteiger partial charge is 0.00339 e. The summed E-state index contributed by atoms with van der Waals surface area (Å²) < 4.78 is 0. The van der Waals surface area contributed by atoms with E-state index in [0.29, 0.717) is 0 Å². The molecule has 0 heterocycles. The Kier molecular flexibility index (Phi) is 14.0. The SMILES string of the molecule is C=C/C(S)=C\C=C/C.CC. The Morgan fingerprint density at radius 2 is 1.90 bits per heavy atom. The molecule has 0 aliphatic carbocycles. The number of hydrogen-bond acceptors (Lipinski definition) is 1. The number of hydrogen-bond donors (Lipinski definition) is 1. The highest BCUT2D eigenvalue weighted by molar-refractivity contribution is 7.84. The van der Waals surface area contributed by atoms with Gasteiger partial charge in [-0.3, -0.25) is 0 Å². The Balaban J connectivity index is 0. The van der Waals surface area contributed by atoms with Crippen molar-refractivity contribution in [2.45, 2.75) is 20.8 Å². The Morgan fingerprint density at radius 3 is 2.20 bits per heavy atom. The molecule has 0 bridgehead atoms. The van der Waals surface area contributed by atoms with Crippen molar-refractivity contribution < 1.29 is 0 Å². The molecule has 0 saturated heterocycles. The zero-order chi connectivity index (χ0) is 8.41. The molecule has 0 aliphatic heterocycles. The maximum absolute atomic E-state index is 4.06. The molecule has 10 heavy (non-hydrogen) atoms. The Bertz CT molecular complexity index is 121. The first-order valence-corrected chi connectivity index (χ1v) is 3.90. The summed E-state index contributed by atoms with van der Waals surface area (Å²) in [6.45, 7) is 9.49. The highest BCUT2D eigenvalue weighted by Gasteiger charge is 1.71. The molecule has 0 aliphatic rings. The summed E-state index contributed by atoms with van der Waals surface area (Å²) in [4.78, 5) is 0.892. The largest absolute Gasteiger partial charge is 0.143 e. The minimum Gasteiger partial charge on any atom is -0.143 e. The molecule has 0 rings (SSSR count). The molecular weight excluding hydrogens is 140 g/mol. The van der Waals surface area contributed by atoms with Crippen molar-refractivity contribution in [3.63, 3.8) is 0 Å². The average Bonchev–Trinajstić information content (AvgIpc) is 2.04. The molecule has 0 atom stereocenters. The molecule has 0 aromatic rings. The summed E-state index contributed by atoms with van der Waals surface area (Å²) in [5.74, 6) is 0. The highest BCUT2D eigenvalue weighted by Crippen LogP contribution is 1.99. The molecule has 0 unspecified atom stereocenters. The third-order valence-electron chi connectivity index (χ3n) is 0.669. The molecule has 1 heteroatoms. The first kappa shape index (κ1) is 12.3. The predicted molar refractivity (Wildman–Crippen MR) is 53.4 cm³/mol. The van der Waals surface area contributed by atoms with Crippen molar-refractivity contribution in [3.05, 3.63) is 35.8 Å².